The van der Waals surface area contributed by atoms with Crippen LogP contribution < -0.4 is 10.5 Å². The number of aromatic nitrogens is 1. The summed E-state index contributed by atoms with van der Waals surface area (Å²) < 4.78 is 5.75. The average molecular weight is 277 g/mol. The van der Waals surface area contributed by atoms with Gasteiger partial charge in [0.25, 0.3) is 0 Å². The molecule has 2 rings (SSSR count). The second-order valence-corrected chi connectivity index (χ2v) is 4.70. The first-order valence-electron chi connectivity index (χ1n) is 6.30. The van der Waals surface area contributed by atoms with E-state index in [2.05, 4.69) is 4.98 Å². The van der Waals surface area contributed by atoms with Crippen molar-refractivity contribution in [2.45, 2.75) is 19.4 Å². The SMILES string of the molecule is NCc1cc(Cl)ccc1OCCCc1ccncc1. The van der Waals surface area contributed by atoms with Crippen LogP contribution in [0.1, 0.15) is 17.5 Å². The summed E-state index contributed by atoms with van der Waals surface area (Å²) >= 11 is 5.92. The molecule has 0 aliphatic rings. The quantitative estimate of drug-likeness (QED) is 0.824. The summed E-state index contributed by atoms with van der Waals surface area (Å²) in [4.78, 5) is 3.99. The van der Waals surface area contributed by atoms with Gasteiger partial charge in [-0.2, -0.15) is 0 Å². The van der Waals surface area contributed by atoms with E-state index in [0.29, 0.717) is 18.2 Å². The van der Waals surface area contributed by atoms with Gasteiger partial charge in [0, 0.05) is 29.5 Å². The Balaban J connectivity index is 1.83. The lowest BCUT2D eigenvalue weighted by Crippen LogP contribution is -2.04. The van der Waals surface area contributed by atoms with Crippen molar-refractivity contribution in [3.63, 3.8) is 0 Å². The molecule has 0 saturated heterocycles. The molecule has 0 atom stereocenters. The van der Waals surface area contributed by atoms with Gasteiger partial charge < -0.3 is 10.5 Å². The lowest BCUT2D eigenvalue weighted by atomic mass is 10.1. The Bertz CT molecular complexity index is 517. The van der Waals surface area contributed by atoms with E-state index in [9.17, 15) is 0 Å². The lowest BCUT2D eigenvalue weighted by Gasteiger charge is -2.10. The molecule has 19 heavy (non-hydrogen) atoms. The van der Waals surface area contributed by atoms with E-state index in [1.54, 1.807) is 0 Å². The van der Waals surface area contributed by atoms with Crippen molar-refractivity contribution in [1.82, 2.24) is 4.98 Å². The van der Waals surface area contributed by atoms with Gasteiger partial charge in [-0.05, 0) is 48.7 Å². The van der Waals surface area contributed by atoms with Gasteiger partial charge in [-0.25, -0.2) is 0 Å². The van der Waals surface area contributed by atoms with Gasteiger partial charge in [0.15, 0.2) is 0 Å². The average Bonchev–Trinajstić information content (AvgIpc) is 2.46. The number of hydrogen-bond acceptors (Lipinski definition) is 3. The lowest BCUT2D eigenvalue weighted by molar-refractivity contribution is 0.308. The maximum Gasteiger partial charge on any atom is 0.123 e. The molecule has 2 N–H and O–H groups in total. The zero-order chi connectivity index (χ0) is 13.5. The fraction of sp³-hybridized carbons (Fsp3) is 0.267. The van der Waals surface area contributed by atoms with E-state index in [1.165, 1.54) is 5.56 Å². The summed E-state index contributed by atoms with van der Waals surface area (Å²) in [5.74, 6) is 0.821. The fourth-order valence-electron chi connectivity index (χ4n) is 1.86. The fourth-order valence-corrected chi connectivity index (χ4v) is 2.05. The number of hydrogen-bond donors (Lipinski definition) is 1. The summed E-state index contributed by atoms with van der Waals surface area (Å²) in [5.41, 5.74) is 7.88. The standard InChI is InChI=1S/C15H17ClN2O/c16-14-3-4-15(13(10-14)11-17)19-9-1-2-12-5-7-18-8-6-12/h3-8,10H,1-2,9,11,17H2. The van der Waals surface area contributed by atoms with Gasteiger partial charge in [-0.15, -0.1) is 0 Å². The van der Waals surface area contributed by atoms with E-state index in [1.807, 2.05) is 42.7 Å². The molecule has 0 fully saturated rings. The summed E-state index contributed by atoms with van der Waals surface area (Å²) in [6.07, 6.45) is 5.55. The van der Waals surface area contributed by atoms with Crippen molar-refractivity contribution >= 4 is 11.6 Å². The first kappa shape index (κ1) is 13.8. The van der Waals surface area contributed by atoms with Gasteiger partial charge in [-0.3, -0.25) is 4.98 Å². The minimum absolute atomic E-state index is 0.431. The largest absolute Gasteiger partial charge is 0.493 e. The smallest absolute Gasteiger partial charge is 0.123 e. The van der Waals surface area contributed by atoms with Crippen LogP contribution in [0.3, 0.4) is 0 Å². The van der Waals surface area contributed by atoms with Crippen LogP contribution in [-0.2, 0) is 13.0 Å². The maximum atomic E-state index is 5.92. The Morgan fingerprint density at radius 3 is 2.68 bits per heavy atom. The zero-order valence-corrected chi connectivity index (χ0v) is 11.4. The molecule has 0 spiro atoms. The Morgan fingerprint density at radius 1 is 1.16 bits per heavy atom. The summed E-state index contributed by atoms with van der Waals surface area (Å²) in [6.45, 7) is 1.09. The third kappa shape index (κ3) is 4.23. The highest BCUT2D eigenvalue weighted by molar-refractivity contribution is 6.30. The van der Waals surface area contributed by atoms with E-state index in [4.69, 9.17) is 22.1 Å². The summed E-state index contributed by atoms with van der Waals surface area (Å²) in [6, 6.07) is 9.58. The van der Waals surface area contributed by atoms with Crippen LogP contribution in [0.15, 0.2) is 42.7 Å². The van der Waals surface area contributed by atoms with Crippen molar-refractivity contribution in [3.05, 3.63) is 58.9 Å². The molecule has 0 saturated carbocycles. The second kappa shape index (κ2) is 7.12. The number of nitrogens with zero attached hydrogens (tertiary/aromatic N) is 1. The maximum absolute atomic E-state index is 5.92. The molecular weight excluding hydrogens is 260 g/mol. The molecule has 0 unspecified atom stereocenters. The van der Waals surface area contributed by atoms with Crippen molar-refractivity contribution in [2.24, 2.45) is 5.73 Å². The minimum Gasteiger partial charge on any atom is -0.493 e. The number of rotatable bonds is 6. The van der Waals surface area contributed by atoms with E-state index >= 15 is 0 Å². The van der Waals surface area contributed by atoms with Crippen molar-refractivity contribution in [2.75, 3.05) is 6.61 Å². The molecule has 2 aromatic rings. The van der Waals surface area contributed by atoms with Gasteiger partial charge in [-0.1, -0.05) is 11.6 Å². The predicted octanol–water partition coefficient (Wildman–Crippen LogP) is 3.21. The van der Waals surface area contributed by atoms with Gasteiger partial charge in [0.1, 0.15) is 5.75 Å². The highest BCUT2D eigenvalue weighted by atomic mass is 35.5. The molecule has 3 nitrogen and oxygen atoms in total. The van der Waals surface area contributed by atoms with Gasteiger partial charge >= 0.3 is 0 Å². The number of aryl methyl sites for hydroxylation is 1. The number of benzene rings is 1. The van der Waals surface area contributed by atoms with Crippen LogP contribution in [-0.4, -0.2) is 11.6 Å². The van der Waals surface area contributed by atoms with E-state index in [0.717, 1.165) is 24.2 Å². The second-order valence-electron chi connectivity index (χ2n) is 4.26. The third-order valence-electron chi connectivity index (χ3n) is 2.86. The van der Waals surface area contributed by atoms with Crippen LogP contribution in [0.25, 0.3) is 0 Å². The van der Waals surface area contributed by atoms with Crippen LogP contribution in [0.5, 0.6) is 5.75 Å². The van der Waals surface area contributed by atoms with Crippen molar-refractivity contribution in [1.29, 1.82) is 0 Å². The third-order valence-corrected chi connectivity index (χ3v) is 3.09. The first-order valence-corrected chi connectivity index (χ1v) is 6.67. The molecule has 0 aliphatic carbocycles. The van der Waals surface area contributed by atoms with Crippen LogP contribution in [0.2, 0.25) is 5.02 Å². The van der Waals surface area contributed by atoms with E-state index in [-0.39, 0.29) is 0 Å². The van der Waals surface area contributed by atoms with Crippen LogP contribution in [0, 0.1) is 0 Å². The molecule has 0 bridgehead atoms. The van der Waals surface area contributed by atoms with Crippen LogP contribution in [0.4, 0.5) is 0 Å². The van der Waals surface area contributed by atoms with E-state index < -0.39 is 0 Å². The monoisotopic (exact) mass is 276 g/mol. The van der Waals surface area contributed by atoms with Gasteiger partial charge in [0.2, 0.25) is 0 Å². The Hall–Kier alpha value is -1.58. The molecule has 1 heterocycles. The summed E-state index contributed by atoms with van der Waals surface area (Å²) in [5, 5.41) is 0.685. The Kier molecular flexibility index (Phi) is 5.19. The topological polar surface area (TPSA) is 48.1 Å². The molecular formula is C15H17ClN2O. The number of pyridine rings is 1. The van der Waals surface area contributed by atoms with Gasteiger partial charge in [0.05, 0.1) is 6.61 Å². The molecule has 1 aromatic carbocycles. The number of halogens is 1. The summed E-state index contributed by atoms with van der Waals surface area (Å²) in [7, 11) is 0. The molecule has 4 heteroatoms. The predicted molar refractivity (Wildman–Crippen MR) is 77.4 cm³/mol. The highest BCUT2D eigenvalue weighted by Gasteiger charge is 2.03. The zero-order valence-electron chi connectivity index (χ0n) is 10.7. The molecule has 1 aromatic heterocycles. The van der Waals surface area contributed by atoms with Crippen LogP contribution >= 0.6 is 11.6 Å². The number of nitrogens with two attached hydrogens (primary N) is 1. The minimum atomic E-state index is 0.431. The molecule has 100 valence electrons. The first-order chi connectivity index (χ1) is 9.29. The highest BCUT2D eigenvalue weighted by Crippen LogP contribution is 2.22. The molecule has 0 aliphatic heterocycles. The number of ether oxygens (including phenoxy) is 1. The Morgan fingerprint density at radius 2 is 1.95 bits per heavy atom. The Labute approximate surface area is 118 Å². The van der Waals surface area contributed by atoms with Crippen molar-refractivity contribution in [3.8, 4) is 5.75 Å². The van der Waals surface area contributed by atoms with Crippen molar-refractivity contribution < 1.29 is 4.74 Å². The molecule has 0 amide bonds. The molecule has 0 radical (unpaired) electrons. The normalized spacial score (nSPS) is 10.4.